The SMILES string of the molecule is CO[Si](CCCNC(=O)OCC(C)OC(=O)NCCC[Si](OC)(OC)OC)(OC)OC. The monoisotopic (exact) mass is 486 g/mol. The van der Waals surface area contributed by atoms with Gasteiger partial charge in [-0.25, -0.2) is 9.59 Å². The molecule has 1 atom stereocenters. The Bertz CT molecular complexity index is 491. The zero-order valence-electron chi connectivity index (χ0n) is 19.6. The summed E-state index contributed by atoms with van der Waals surface area (Å²) in [5.74, 6) is 0. The van der Waals surface area contributed by atoms with E-state index in [0.29, 0.717) is 38.0 Å². The van der Waals surface area contributed by atoms with Crippen LogP contribution in [0.15, 0.2) is 0 Å². The van der Waals surface area contributed by atoms with Crippen molar-refractivity contribution in [2.75, 3.05) is 62.4 Å². The van der Waals surface area contributed by atoms with Gasteiger partial charge in [0.15, 0.2) is 0 Å². The summed E-state index contributed by atoms with van der Waals surface area (Å²) in [7, 11) is 3.90. The summed E-state index contributed by atoms with van der Waals surface area (Å²) in [5.41, 5.74) is 0. The molecule has 0 saturated carbocycles. The molecule has 0 radical (unpaired) electrons. The molecular weight excluding hydrogens is 448 g/mol. The lowest BCUT2D eigenvalue weighted by Crippen LogP contribution is -2.43. The molecule has 184 valence electrons. The third-order valence-electron chi connectivity index (χ3n) is 4.48. The van der Waals surface area contributed by atoms with Crippen molar-refractivity contribution in [1.29, 1.82) is 0 Å². The van der Waals surface area contributed by atoms with Gasteiger partial charge in [-0.1, -0.05) is 0 Å². The summed E-state index contributed by atoms with van der Waals surface area (Å²) in [4.78, 5) is 23.6. The topological polar surface area (TPSA) is 132 Å². The van der Waals surface area contributed by atoms with Gasteiger partial charge in [-0.05, 0) is 19.8 Å². The Morgan fingerprint density at radius 1 is 0.710 bits per heavy atom. The number of carbonyl (C=O) groups is 2. The summed E-state index contributed by atoms with van der Waals surface area (Å²) in [6.07, 6.45) is -0.605. The number of hydrogen-bond acceptors (Lipinski definition) is 10. The summed E-state index contributed by atoms with van der Waals surface area (Å²) in [6, 6.07) is 1.11. The molecule has 1 unspecified atom stereocenters. The van der Waals surface area contributed by atoms with Crippen molar-refractivity contribution < 1.29 is 45.6 Å². The van der Waals surface area contributed by atoms with E-state index in [0.717, 1.165) is 0 Å². The fourth-order valence-corrected chi connectivity index (χ4v) is 6.05. The second-order valence-corrected chi connectivity index (χ2v) is 12.6. The fraction of sp³-hybridized carbons (Fsp3) is 0.882. The van der Waals surface area contributed by atoms with Crippen LogP contribution in [0, 0.1) is 0 Å². The third-order valence-corrected chi connectivity index (χ3v) is 10.1. The van der Waals surface area contributed by atoms with Crippen molar-refractivity contribution in [2.45, 2.75) is 38.0 Å². The molecule has 0 heterocycles. The molecule has 2 amide bonds. The molecule has 12 nitrogen and oxygen atoms in total. The first-order valence-corrected chi connectivity index (χ1v) is 13.8. The van der Waals surface area contributed by atoms with Crippen molar-refractivity contribution in [2.24, 2.45) is 0 Å². The van der Waals surface area contributed by atoms with Crippen LogP contribution in [-0.2, 0) is 36.0 Å². The average molecular weight is 487 g/mol. The van der Waals surface area contributed by atoms with Gasteiger partial charge in [0.1, 0.15) is 12.7 Å². The Balaban J connectivity index is 3.98. The first-order valence-electron chi connectivity index (χ1n) is 9.91. The van der Waals surface area contributed by atoms with Crippen molar-refractivity contribution in [3.8, 4) is 0 Å². The smallest absolute Gasteiger partial charge is 0.446 e. The van der Waals surface area contributed by atoms with Gasteiger partial charge >= 0.3 is 29.8 Å². The summed E-state index contributed by atoms with van der Waals surface area (Å²) >= 11 is 0. The van der Waals surface area contributed by atoms with Gasteiger partial charge in [0.2, 0.25) is 0 Å². The van der Waals surface area contributed by atoms with E-state index in [4.69, 9.17) is 36.0 Å². The van der Waals surface area contributed by atoms with Crippen LogP contribution in [0.3, 0.4) is 0 Å². The Kier molecular flexibility index (Phi) is 15.7. The molecule has 0 aromatic carbocycles. The van der Waals surface area contributed by atoms with Gasteiger partial charge in [-0.15, -0.1) is 0 Å². The normalized spacial score (nSPS) is 12.9. The standard InChI is InChI=1S/C17H38N2O10Si2/c1-15(29-17(21)19-11-9-13-31(25-5,26-6)27-7)14-28-16(20)18-10-8-12-30(22-2,23-3)24-4/h15H,8-14H2,1-7H3,(H,18,20)(H,19,21). The molecule has 31 heavy (non-hydrogen) atoms. The molecule has 2 N–H and O–H groups in total. The molecule has 0 saturated heterocycles. The first kappa shape index (κ1) is 29.7. The maximum atomic E-state index is 11.8. The van der Waals surface area contributed by atoms with Crippen LogP contribution < -0.4 is 10.6 Å². The summed E-state index contributed by atoms with van der Waals surface area (Å²) < 4.78 is 42.0. The van der Waals surface area contributed by atoms with Crippen molar-refractivity contribution in [1.82, 2.24) is 10.6 Å². The van der Waals surface area contributed by atoms with E-state index in [-0.39, 0.29) is 6.61 Å². The van der Waals surface area contributed by atoms with Crippen LogP contribution in [0.25, 0.3) is 0 Å². The quantitative estimate of drug-likeness (QED) is 0.229. The van der Waals surface area contributed by atoms with Gasteiger partial charge in [0.05, 0.1) is 0 Å². The summed E-state index contributed by atoms with van der Waals surface area (Å²) in [6.45, 7) is 2.29. The van der Waals surface area contributed by atoms with Crippen LogP contribution in [0.4, 0.5) is 9.59 Å². The molecule has 14 heteroatoms. The Morgan fingerprint density at radius 3 is 1.48 bits per heavy atom. The molecule has 0 aromatic heterocycles. The minimum absolute atomic E-state index is 0.0702. The van der Waals surface area contributed by atoms with Gasteiger partial charge in [0, 0.05) is 67.8 Å². The van der Waals surface area contributed by atoms with Crippen LogP contribution in [0.2, 0.25) is 12.1 Å². The third kappa shape index (κ3) is 11.8. The van der Waals surface area contributed by atoms with Crippen LogP contribution in [0.1, 0.15) is 19.8 Å². The second-order valence-electron chi connectivity index (χ2n) is 6.47. The first-order chi connectivity index (χ1) is 14.8. The number of hydrogen-bond donors (Lipinski definition) is 2. The van der Waals surface area contributed by atoms with Crippen molar-refractivity contribution in [3.05, 3.63) is 0 Å². The number of amides is 2. The number of carbonyl (C=O) groups excluding carboxylic acids is 2. The number of alkyl carbamates (subject to hydrolysis) is 2. The molecule has 0 rings (SSSR count). The molecule has 0 fully saturated rings. The molecule has 0 spiro atoms. The molecule has 0 aliphatic heterocycles. The highest BCUT2D eigenvalue weighted by Gasteiger charge is 2.37. The maximum Gasteiger partial charge on any atom is 0.500 e. The number of nitrogens with one attached hydrogen (secondary N) is 2. The van der Waals surface area contributed by atoms with E-state index in [1.165, 1.54) is 42.7 Å². The van der Waals surface area contributed by atoms with Crippen LogP contribution >= 0.6 is 0 Å². The minimum atomic E-state index is -2.65. The highest BCUT2D eigenvalue weighted by molar-refractivity contribution is 6.60. The van der Waals surface area contributed by atoms with E-state index in [2.05, 4.69) is 10.6 Å². The Labute approximate surface area is 186 Å². The van der Waals surface area contributed by atoms with Gasteiger partial charge in [-0.3, -0.25) is 0 Å². The number of rotatable bonds is 17. The van der Waals surface area contributed by atoms with E-state index in [1.54, 1.807) is 6.92 Å². The van der Waals surface area contributed by atoms with Gasteiger partial charge in [-0.2, -0.15) is 0 Å². The van der Waals surface area contributed by atoms with E-state index >= 15 is 0 Å². The van der Waals surface area contributed by atoms with Gasteiger partial charge in [0.25, 0.3) is 0 Å². The molecule has 0 aromatic rings. The fourth-order valence-electron chi connectivity index (χ4n) is 2.61. The van der Waals surface area contributed by atoms with E-state index in [1.807, 2.05) is 0 Å². The van der Waals surface area contributed by atoms with E-state index < -0.39 is 35.9 Å². The Morgan fingerprint density at radius 2 is 1.10 bits per heavy atom. The highest BCUT2D eigenvalue weighted by atomic mass is 28.4. The minimum Gasteiger partial charge on any atom is -0.446 e. The lowest BCUT2D eigenvalue weighted by atomic mass is 10.4. The predicted octanol–water partition coefficient (Wildman–Crippen LogP) is 1.36. The zero-order chi connectivity index (χ0) is 23.8. The molecule has 0 aliphatic rings. The zero-order valence-corrected chi connectivity index (χ0v) is 21.6. The van der Waals surface area contributed by atoms with Crippen LogP contribution in [-0.4, -0.2) is 98.3 Å². The van der Waals surface area contributed by atoms with Crippen molar-refractivity contribution in [3.63, 3.8) is 0 Å². The molecule has 0 bridgehead atoms. The lowest BCUT2D eigenvalue weighted by molar-refractivity contribution is 0.0531. The second kappa shape index (κ2) is 16.4. The molecular formula is C17H38N2O10Si2. The maximum absolute atomic E-state index is 11.8. The van der Waals surface area contributed by atoms with Gasteiger partial charge < -0.3 is 46.7 Å². The Hall–Kier alpha value is -1.27. The highest BCUT2D eigenvalue weighted by Crippen LogP contribution is 2.15. The van der Waals surface area contributed by atoms with Crippen molar-refractivity contribution >= 4 is 29.8 Å². The van der Waals surface area contributed by atoms with Crippen LogP contribution in [0.5, 0.6) is 0 Å². The molecule has 0 aliphatic carbocycles. The predicted molar refractivity (Wildman–Crippen MR) is 116 cm³/mol. The number of ether oxygens (including phenoxy) is 2. The average Bonchev–Trinajstić information content (AvgIpc) is 2.79. The summed E-state index contributed by atoms with van der Waals surface area (Å²) in [5, 5.41) is 5.24. The van der Waals surface area contributed by atoms with E-state index in [9.17, 15) is 9.59 Å². The lowest BCUT2D eigenvalue weighted by Gasteiger charge is -2.24. The largest absolute Gasteiger partial charge is 0.500 e.